The van der Waals surface area contributed by atoms with Crippen molar-refractivity contribution in [2.75, 3.05) is 19.6 Å². The van der Waals surface area contributed by atoms with Gasteiger partial charge >= 0.3 is 0 Å². The van der Waals surface area contributed by atoms with Crippen LogP contribution >= 0.6 is 0 Å². The molecule has 1 aliphatic rings. The maximum absolute atomic E-state index is 5.99. The highest BCUT2D eigenvalue weighted by atomic mass is 15.2. The van der Waals surface area contributed by atoms with E-state index >= 15 is 0 Å². The van der Waals surface area contributed by atoms with Crippen molar-refractivity contribution in [1.29, 1.82) is 0 Å². The van der Waals surface area contributed by atoms with Gasteiger partial charge in [-0.25, -0.2) is 0 Å². The highest BCUT2D eigenvalue weighted by Gasteiger charge is 2.25. The summed E-state index contributed by atoms with van der Waals surface area (Å²) in [5.74, 6) is 0.641. The Morgan fingerprint density at radius 2 is 2.13 bits per heavy atom. The molecule has 2 unspecified atom stereocenters. The van der Waals surface area contributed by atoms with E-state index in [9.17, 15) is 0 Å². The van der Waals surface area contributed by atoms with Crippen molar-refractivity contribution in [3.05, 3.63) is 30.1 Å². The van der Waals surface area contributed by atoms with Crippen molar-refractivity contribution >= 4 is 0 Å². The normalized spacial score (nSPS) is 27.1. The lowest BCUT2D eigenvalue weighted by Gasteiger charge is -2.14. The molecular formula is C12H19N3. The van der Waals surface area contributed by atoms with Crippen LogP contribution < -0.4 is 5.73 Å². The Morgan fingerprint density at radius 1 is 1.40 bits per heavy atom. The largest absolute Gasteiger partial charge is 0.326 e. The van der Waals surface area contributed by atoms with Gasteiger partial charge in [0.2, 0.25) is 0 Å². The minimum atomic E-state index is 0.363. The van der Waals surface area contributed by atoms with Crippen LogP contribution in [0, 0.1) is 5.92 Å². The molecule has 1 saturated heterocycles. The number of likely N-dealkylation sites (tertiary alicyclic amines) is 1. The second-order valence-electron chi connectivity index (χ2n) is 4.51. The van der Waals surface area contributed by atoms with Gasteiger partial charge in [0.05, 0.1) is 0 Å². The van der Waals surface area contributed by atoms with Gasteiger partial charge < -0.3 is 10.6 Å². The number of hydrogen-bond acceptors (Lipinski definition) is 3. The van der Waals surface area contributed by atoms with E-state index in [-0.39, 0.29) is 0 Å². The molecule has 3 nitrogen and oxygen atoms in total. The van der Waals surface area contributed by atoms with E-state index < -0.39 is 0 Å². The second kappa shape index (κ2) is 4.73. The van der Waals surface area contributed by atoms with E-state index in [0.717, 1.165) is 26.1 Å². The molecular weight excluding hydrogens is 186 g/mol. The molecule has 3 heteroatoms. The fraction of sp³-hybridized carbons (Fsp3) is 0.583. The summed E-state index contributed by atoms with van der Waals surface area (Å²) in [7, 11) is 0. The molecule has 2 N–H and O–H groups in total. The monoisotopic (exact) mass is 205 g/mol. The van der Waals surface area contributed by atoms with Gasteiger partial charge in [0.1, 0.15) is 0 Å². The minimum Gasteiger partial charge on any atom is -0.326 e. The van der Waals surface area contributed by atoms with Gasteiger partial charge in [-0.15, -0.1) is 0 Å². The lowest BCUT2D eigenvalue weighted by Crippen LogP contribution is -2.29. The first-order valence-corrected chi connectivity index (χ1v) is 5.62. The van der Waals surface area contributed by atoms with Crippen molar-refractivity contribution in [2.24, 2.45) is 11.7 Å². The summed E-state index contributed by atoms with van der Waals surface area (Å²) in [6.07, 6.45) is 4.81. The molecule has 0 saturated carbocycles. The van der Waals surface area contributed by atoms with Crippen LogP contribution in [0.1, 0.15) is 12.5 Å². The summed E-state index contributed by atoms with van der Waals surface area (Å²) >= 11 is 0. The molecule has 1 aromatic heterocycles. The zero-order valence-corrected chi connectivity index (χ0v) is 9.26. The molecule has 0 bridgehead atoms. The first kappa shape index (κ1) is 10.6. The fourth-order valence-corrected chi connectivity index (χ4v) is 2.11. The molecule has 82 valence electrons. The third-order valence-electron chi connectivity index (χ3n) is 3.21. The Balaban J connectivity index is 1.80. The average Bonchev–Trinajstić information content (AvgIpc) is 2.57. The van der Waals surface area contributed by atoms with Gasteiger partial charge in [-0.1, -0.05) is 6.92 Å². The summed E-state index contributed by atoms with van der Waals surface area (Å²) in [6.45, 7) is 5.54. The number of aromatic nitrogens is 1. The van der Waals surface area contributed by atoms with Gasteiger partial charge in [-0.2, -0.15) is 0 Å². The fourth-order valence-electron chi connectivity index (χ4n) is 2.11. The highest BCUT2D eigenvalue weighted by Crippen LogP contribution is 2.14. The Kier molecular flexibility index (Phi) is 3.34. The van der Waals surface area contributed by atoms with Gasteiger partial charge in [0, 0.05) is 38.1 Å². The molecule has 0 radical (unpaired) electrons. The second-order valence-corrected chi connectivity index (χ2v) is 4.51. The molecule has 0 amide bonds. The van der Waals surface area contributed by atoms with E-state index in [1.54, 1.807) is 0 Å². The molecule has 0 aromatic carbocycles. The van der Waals surface area contributed by atoms with Crippen LogP contribution in [0.2, 0.25) is 0 Å². The van der Waals surface area contributed by atoms with E-state index in [2.05, 4.69) is 28.9 Å². The van der Waals surface area contributed by atoms with Crippen molar-refractivity contribution < 1.29 is 0 Å². The van der Waals surface area contributed by atoms with Crippen LogP contribution in [0.4, 0.5) is 0 Å². The van der Waals surface area contributed by atoms with Crippen LogP contribution in [0.3, 0.4) is 0 Å². The molecule has 2 atom stereocenters. The van der Waals surface area contributed by atoms with Crippen molar-refractivity contribution in [3.63, 3.8) is 0 Å². The minimum absolute atomic E-state index is 0.363. The number of nitrogens with two attached hydrogens (primary N) is 1. The first-order chi connectivity index (χ1) is 7.25. The quantitative estimate of drug-likeness (QED) is 0.797. The molecule has 15 heavy (non-hydrogen) atoms. The maximum Gasteiger partial charge on any atom is 0.0270 e. The average molecular weight is 205 g/mol. The standard InChI is InChI=1S/C12H19N3/c1-10-8-15(9-12(10)13)7-4-11-2-5-14-6-3-11/h2-3,5-6,10,12H,4,7-9,13H2,1H3. The van der Waals surface area contributed by atoms with Gasteiger partial charge in [0.15, 0.2) is 0 Å². The number of rotatable bonds is 3. The topological polar surface area (TPSA) is 42.2 Å². The Hall–Kier alpha value is -0.930. The smallest absolute Gasteiger partial charge is 0.0270 e. The van der Waals surface area contributed by atoms with Crippen molar-refractivity contribution in [1.82, 2.24) is 9.88 Å². The number of hydrogen-bond donors (Lipinski definition) is 1. The molecule has 2 rings (SSSR count). The van der Waals surface area contributed by atoms with Gasteiger partial charge in [-0.05, 0) is 30.0 Å². The number of pyridine rings is 1. The van der Waals surface area contributed by atoms with Crippen LogP contribution in [-0.2, 0) is 6.42 Å². The zero-order valence-electron chi connectivity index (χ0n) is 9.26. The van der Waals surface area contributed by atoms with E-state index in [0.29, 0.717) is 12.0 Å². The molecule has 1 aromatic rings. The van der Waals surface area contributed by atoms with Crippen molar-refractivity contribution in [3.8, 4) is 0 Å². The summed E-state index contributed by atoms with van der Waals surface area (Å²) in [5, 5.41) is 0. The van der Waals surface area contributed by atoms with Crippen LogP contribution in [0.5, 0.6) is 0 Å². The zero-order chi connectivity index (χ0) is 10.7. The third kappa shape index (κ3) is 2.76. The SMILES string of the molecule is CC1CN(CCc2ccncc2)CC1N. The summed E-state index contributed by atoms with van der Waals surface area (Å²) in [5.41, 5.74) is 7.35. The van der Waals surface area contributed by atoms with E-state index in [1.807, 2.05) is 12.4 Å². The Morgan fingerprint density at radius 3 is 2.73 bits per heavy atom. The predicted octanol–water partition coefficient (Wildman–Crippen LogP) is 0.903. The third-order valence-corrected chi connectivity index (χ3v) is 3.21. The summed E-state index contributed by atoms with van der Waals surface area (Å²) in [4.78, 5) is 6.47. The molecule has 0 aliphatic carbocycles. The molecule has 0 spiro atoms. The van der Waals surface area contributed by atoms with Crippen molar-refractivity contribution in [2.45, 2.75) is 19.4 Å². The van der Waals surface area contributed by atoms with Crippen LogP contribution in [-0.4, -0.2) is 35.6 Å². The summed E-state index contributed by atoms with van der Waals surface area (Å²) in [6, 6.07) is 4.53. The lowest BCUT2D eigenvalue weighted by molar-refractivity contribution is 0.331. The molecule has 2 heterocycles. The Bertz CT molecular complexity index is 289. The summed E-state index contributed by atoms with van der Waals surface area (Å²) < 4.78 is 0. The molecule has 1 aliphatic heterocycles. The predicted molar refractivity (Wildman–Crippen MR) is 61.5 cm³/mol. The van der Waals surface area contributed by atoms with Gasteiger partial charge in [0.25, 0.3) is 0 Å². The lowest BCUT2D eigenvalue weighted by atomic mass is 10.1. The maximum atomic E-state index is 5.99. The van der Waals surface area contributed by atoms with Gasteiger partial charge in [-0.3, -0.25) is 4.98 Å². The highest BCUT2D eigenvalue weighted by molar-refractivity contribution is 5.10. The Labute approximate surface area is 91.3 Å². The van der Waals surface area contributed by atoms with Crippen LogP contribution in [0.15, 0.2) is 24.5 Å². The van der Waals surface area contributed by atoms with E-state index in [1.165, 1.54) is 5.56 Å². The first-order valence-electron chi connectivity index (χ1n) is 5.62. The number of nitrogens with zero attached hydrogens (tertiary/aromatic N) is 2. The van der Waals surface area contributed by atoms with E-state index in [4.69, 9.17) is 5.73 Å². The molecule has 1 fully saturated rings. The van der Waals surface area contributed by atoms with Crippen LogP contribution in [0.25, 0.3) is 0 Å².